The normalized spacial score (nSPS) is 17.1. The van der Waals surface area contributed by atoms with Crippen molar-refractivity contribution in [3.8, 4) is 5.75 Å². The summed E-state index contributed by atoms with van der Waals surface area (Å²) >= 11 is 0. The molecule has 2 rings (SSSR count). The van der Waals surface area contributed by atoms with Crippen LogP contribution in [0, 0.1) is 0 Å². The molecule has 0 amide bonds. The average molecular weight is 254 g/mol. The highest BCUT2D eigenvalue weighted by Crippen LogP contribution is 2.26. The van der Waals surface area contributed by atoms with Gasteiger partial charge in [0.1, 0.15) is 5.75 Å². The van der Waals surface area contributed by atoms with Crippen molar-refractivity contribution in [2.45, 2.75) is 6.92 Å². The van der Waals surface area contributed by atoms with E-state index in [1.165, 1.54) is 0 Å². The second-order valence-corrected chi connectivity index (χ2v) is 5.72. The van der Waals surface area contributed by atoms with Crippen LogP contribution in [0.25, 0.3) is 0 Å². The van der Waals surface area contributed by atoms with E-state index in [1.807, 2.05) is 25.1 Å². The summed E-state index contributed by atoms with van der Waals surface area (Å²) in [7, 11) is -0.653. The molecule has 1 aromatic carbocycles. The number of benzene rings is 1. The molecule has 1 fully saturated rings. The van der Waals surface area contributed by atoms with Crippen LogP contribution in [0.1, 0.15) is 6.92 Å². The fourth-order valence-corrected chi connectivity index (χ4v) is 2.99. The first kappa shape index (κ1) is 12.2. The molecule has 0 unspecified atom stereocenters. The average Bonchev–Trinajstić information content (AvgIpc) is 2.29. The fourth-order valence-electron chi connectivity index (χ4n) is 1.93. The van der Waals surface area contributed by atoms with Crippen molar-refractivity contribution in [3.63, 3.8) is 0 Å². The molecule has 1 aliphatic heterocycles. The standard InChI is InChI=1S/C12H18N2O2S/c1-2-16-12-8-10(13)7-11(9-12)14-3-5-17(15)6-4-14/h7-9H,2-6,13H2,1H3. The zero-order valence-electron chi connectivity index (χ0n) is 10.0. The number of nitrogens with two attached hydrogens (primary N) is 1. The zero-order valence-corrected chi connectivity index (χ0v) is 10.8. The van der Waals surface area contributed by atoms with Gasteiger partial charge in [-0.25, -0.2) is 0 Å². The minimum Gasteiger partial charge on any atom is -0.494 e. The predicted molar refractivity (Wildman–Crippen MR) is 72.1 cm³/mol. The summed E-state index contributed by atoms with van der Waals surface area (Å²) in [6.45, 7) is 4.23. The summed E-state index contributed by atoms with van der Waals surface area (Å²) in [4.78, 5) is 2.21. The van der Waals surface area contributed by atoms with Gasteiger partial charge in [0.05, 0.1) is 6.61 Å². The Kier molecular flexibility index (Phi) is 3.89. The first-order valence-corrected chi connectivity index (χ1v) is 7.31. The molecular weight excluding hydrogens is 236 g/mol. The van der Waals surface area contributed by atoms with Crippen LogP contribution in [-0.4, -0.2) is 35.4 Å². The van der Waals surface area contributed by atoms with Gasteiger partial charge >= 0.3 is 0 Å². The maximum Gasteiger partial charge on any atom is 0.123 e. The van der Waals surface area contributed by atoms with Gasteiger partial charge in [-0.2, -0.15) is 0 Å². The van der Waals surface area contributed by atoms with Crippen molar-refractivity contribution in [1.29, 1.82) is 0 Å². The van der Waals surface area contributed by atoms with Crippen molar-refractivity contribution in [2.24, 2.45) is 0 Å². The quantitative estimate of drug-likeness (QED) is 0.824. The Morgan fingerprint density at radius 1 is 1.35 bits per heavy atom. The van der Waals surface area contributed by atoms with Crippen LogP contribution in [0.15, 0.2) is 18.2 Å². The summed E-state index contributed by atoms with van der Waals surface area (Å²) in [5.41, 5.74) is 7.62. The molecule has 0 atom stereocenters. The van der Waals surface area contributed by atoms with Crippen molar-refractivity contribution in [2.75, 3.05) is 41.8 Å². The topological polar surface area (TPSA) is 55.6 Å². The summed E-state index contributed by atoms with van der Waals surface area (Å²) in [6.07, 6.45) is 0. The van der Waals surface area contributed by atoms with Crippen molar-refractivity contribution >= 4 is 22.2 Å². The van der Waals surface area contributed by atoms with E-state index in [9.17, 15) is 4.21 Å². The number of hydrogen-bond acceptors (Lipinski definition) is 4. The van der Waals surface area contributed by atoms with Crippen LogP contribution in [-0.2, 0) is 10.8 Å². The van der Waals surface area contributed by atoms with Crippen LogP contribution in [0.4, 0.5) is 11.4 Å². The molecular formula is C12H18N2O2S. The van der Waals surface area contributed by atoms with E-state index in [0.29, 0.717) is 12.3 Å². The Morgan fingerprint density at radius 3 is 2.71 bits per heavy atom. The van der Waals surface area contributed by atoms with Gasteiger partial charge in [-0.1, -0.05) is 0 Å². The zero-order chi connectivity index (χ0) is 12.3. The van der Waals surface area contributed by atoms with Gasteiger partial charge in [-0.15, -0.1) is 0 Å². The lowest BCUT2D eigenvalue weighted by molar-refractivity contribution is 0.340. The number of nitrogen functional groups attached to an aromatic ring is 1. The lowest BCUT2D eigenvalue weighted by atomic mass is 10.2. The molecule has 1 aliphatic rings. The minimum absolute atomic E-state index is 0.632. The van der Waals surface area contributed by atoms with Gasteiger partial charge in [0.25, 0.3) is 0 Å². The molecule has 0 spiro atoms. The molecule has 0 bridgehead atoms. The van der Waals surface area contributed by atoms with Crippen LogP contribution >= 0.6 is 0 Å². The number of anilines is 2. The van der Waals surface area contributed by atoms with Gasteiger partial charge < -0.3 is 15.4 Å². The predicted octanol–water partition coefficient (Wildman–Crippen LogP) is 1.24. The first-order chi connectivity index (χ1) is 8.19. The number of hydrogen-bond donors (Lipinski definition) is 1. The molecule has 0 radical (unpaired) electrons. The first-order valence-electron chi connectivity index (χ1n) is 5.82. The molecule has 4 nitrogen and oxygen atoms in total. The molecule has 5 heteroatoms. The Balaban J connectivity index is 2.16. The van der Waals surface area contributed by atoms with E-state index in [-0.39, 0.29) is 0 Å². The smallest absolute Gasteiger partial charge is 0.123 e. The second kappa shape index (κ2) is 5.40. The third-order valence-corrected chi connectivity index (χ3v) is 4.04. The second-order valence-electron chi connectivity index (χ2n) is 4.03. The van der Waals surface area contributed by atoms with E-state index in [2.05, 4.69) is 4.90 Å². The van der Waals surface area contributed by atoms with E-state index in [0.717, 1.165) is 36.0 Å². The highest BCUT2D eigenvalue weighted by molar-refractivity contribution is 7.85. The lowest BCUT2D eigenvalue weighted by Gasteiger charge is -2.28. The van der Waals surface area contributed by atoms with Crippen LogP contribution < -0.4 is 15.4 Å². The molecule has 94 valence electrons. The number of ether oxygens (including phenoxy) is 1. The van der Waals surface area contributed by atoms with E-state index < -0.39 is 10.8 Å². The maximum absolute atomic E-state index is 11.3. The summed E-state index contributed by atoms with van der Waals surface area (Å²) in [5, 5.41) is 0. The molecule has 2 N–H and O–H groups in total. The van der Waals surface area contributed by atoms with Crippen LogP contribution in [0.3, 0.4) is 0 Å². The Labute approximate surface area is 104 Å². The third kappa shape index (κ3) is 3.12. The van der Waals surface area contributed by atoms with Gasteiger partial charge in [-0.3, -0.25) is 4.21 Å². The van der Waals surface area contributed by atoms with Crippen LogP contribution in [0.5, 0.6) is 5.75 Å². The SMILES string of the molecule is CCOc1cc(N)cc(N2CCS(=O)CC2)c1. The van der Waals surface area contributed by atoms with E-state index in [1.54, 1.807) is 0 Å². The van der Waals surface area contributed by atoms with Crippen LogP contribution in [0.2, 0.25) is 0 Å². The highest BCUT2D eigenvalue weighted by Gasteiger charge is 2.16. The molecule has 1 saturated heterocycles. The third-order valence-electron chi connectivity index (χ3n) is 2.77. The van der Waals surface area contributed by atoms with Crippen molar-refractivity contribution < 1.29 is 8.95 Å². The minimum atomic E-state index is -0.653. The van der Waals surface area contributed by atoms with Gasteiger partial charge in [0.15, 0.2) is 0 Å². The number of rotatable bonds is 3. The molecule has 17 heavy (non-hydrogen) atoms. The van der Waals surface area contributed by atoms with Gasteiger partial charge in [-0.05, 0) is 13.0 Å². The van der Waals surface area contributed by atoms with E-state index >= 15 is 0 Å². The summed E-state index contributed by atoms with van der Waals surface area (Å²) in [6, 6.07) is 5.76. The van der Waals surface area contributed by atoms with Gasteiger partial charge in [0.2, 0.25) is 0 Å². The van der Waals surface area contributed by atoms with E-state index in [4.69, 9.17) is 10.5 Å². The Morgan fingerprint density at radius 2 is 2.06 bits per heavy atom. The highest BCUT2D eigenvalue weighted by atomic mass is 32.2. The lowest BCUT2D eigenvalue weighted by Crippen LogP contribution is -2.37. The molecule has 0 aromatic heterocycles. The number of nitrogens with zero attached hydrogens (tertiary/aromatic N) is 1. The van der Waals surface area contributed by atoms with Crippen molar-refractivity contribution in [3.05, 3.63) is 18.2 Å². The van der Waals surface area contributed by atoms with Gasteiger partial charge in [0, 0.05) is 58.9 Å². The monoisotopic (exact) mass is 254 g/mol. The maximum atomic E-state index is 11.3. The Bertz CT molecular complexity index is 413. The summed E-state index contributed by atoms with van der Waals surface area (Å²) < 4.78 is 16.8. The largest absolute Gasteiger partial charge is 0.494 e. The molecule has 1 heterocycles. The Hall–Kier alpha value is -1.23. The fraction of sp³-hybridized carbons (Fsp3) is 0.500. The summed E-state index contributed by atoms with van der Waals surface area (Å²) in [5.74, 6) is 2.27. The molecule has 0 aliphatic carbocycles. The van der Waals surface area contributed by atoms with Crippen molar-refractivity contribution in [1.82, 2.24) is 0 Å². The molecule has 0 saturated carbocycles. The molecule has 1 aromatic rings.